The van der Waals surface area contributed by atoms with Crippen LogP contribution in [-0.4, -0.2) is 32.8 Å². The molecule has 0 saturated carbocycles. The molecule has 0 radical (unpaired) electrons. The second-order valence-corrected chi connectivity index (χ2v) is 7.80. The van der Waals surface area contributed by atoms with E-state index in [-0.39, 0.29) is 12.9 Å². The Bertz CT molecular complexity index is 998. The standard InChI is InChI=1S/C23H23B2NO5/c1-17(24-28-20-7-3-4-8-21(20)29-24)15-26(16-18-11-13-19(27-2)14-12-18)25-30-22-9-5-6-10-23(22)31-25/h3-14,17H,15-16H2,1-2H3. The van der Waals surface area contributed by atoms with Gasteiger partial charge in [-0.25, -0.2) is 0 Å². The highest BCUT2D eigenvalue weighted by Gasteiger charge is 2.44. The molecule has 0 amide bonds. The molecule has 0 aromatic heterocycles. The molecular formula is C23H23B2NO5. The summed E-state index contributed by atoms with van der Waals surface area (Å²) in [7, 11) is 0.783. The lowest BCUT2D eigenvalue weighted by Gasteiger charge is -2.26. The number of ether oxygens (including phenoxy) is 1. The Morgan fingerprint density at radius 2 is 1.29 bits per heavy atom. The molecule has 0 aliphatic carbocycles. The summed E-state index contributed by atoms with van der Waals surface area (Å²) in [6, 6.07) is 23.5. The van der Waals surface area contributed by atoms with E-state index in [9.17, 15) is 0 Å². The minimum Gasteiger partial charge on any atom is -0.523 e. The van der Waals surface area contributed by atoms with Crippen LogP contribution in [0.3, 0.4) is 0 Å². The maximum Gasteiger partial charge on any atom is 0.701 e. The van der Waals surface area contributed by atoms with Crippen molar-refractivity contribution in [3.8, 4) is 28.7 Å². The van der Waals surface area contributed by atoms with Crippen molar-refractivity contribution in [1.29, 1.82) is 0 Å². The van der Waals surface area contributed by atoms with Gasteiger partial charge in [0.1, 0.15) is 28.7 Å². The molecule has 5 rings (SSSR count). The average molecular weight is 415 g/mol. The summed E-state index contributed by atoms with van der Waals surface area (Å²) in [4.78, 5) is 2.15. The van der Waals surface area contributed by atoms with Crippen LogP contribution in [0.4, 0.5) is 0 Å². The molecule has 6 nitrogen and oxygen atoms in total. The van der Waals surface area contributed by atoms with Crippen LogP contribution in [0.5, 0.6) is 28.7 Å². The van der Waals surface area contributed by atoms with E-state index >= 15 is 0 Å². The molecule has 8 heteroatoms. The molecule has 0 saturated heterocycles. The average Bonchev–Trinajstić information content (AvgIpc) is 3.43. The Morgan fingerprint density at radius 3 is 1.81 bits per heavy atom. The van der Waals surface area contributed by atoms with Gasteiger partial charge in [0.25, 0.3) is 0 Å². The molecule has 2 heterocycles. The minimum absolute atomic E-state index is 0.0709. The third kappa shape index (κ3) is 4.16. The number of para-hydroxylation sites is 4. The third-order valence-electron chi connectivity index (χ3n) is 5.47. The Labute approximate surface area is 182 Å². The van der Waals surface area contributed by atoms with E-state index in [0.717, 1.165) is 34.3 Å². The van der Waals surface area contributed by atoms with Gasteiger partial charge in [0, 0.05) is 12.4 Å². The first-order valence-electron chi connectivity index (χ1n) is 10.4. The summed E-state index contributed by atoms with van der Waals surface area (Å²) in [6.07, 6.45) is 0. The maximum absolute atomic E-state index is 6.11. The van der Waals surface area contributed by atoms with Gasteiger partial charge in [-0.05, 0) is 48.5 Å². The largest absolute Gasteiger partial charge is 0.701 e. The molecule has 0 N–H and O–H groups in total. The van der Waals surface area contributed by atoms with Crippen LogP contribution in [0.1, 0.15) is 12.5 Å². The van der Waals surface area contributed by atoms with Gasteiger partial charge in [-0.2, -0.15) is 0 Å². The predicted molar refractivity (Wildman–Crippen MR) is 120 cm³/mol. The number of methoxy groups -OCH3 is 1. The summed E-state index contributed by atoms with van der Waals surface area (Å²) in [5.74, 6) is 3.96. The Kier molecular flexibility index (Phi) is 5.38. The number of hydrogen-bond donors (Lipinski definition) is 0. The fraction of sp³-hybridized carbons (Fsp3) is 0.217. The van der Waals surface area contributed by atoms with Crippen molar-refractivity contribution < 1.29 is 23.4 Å². The van der Waals surface area contributed by atoms with E-state index in [1.807, 2.05) is 60.7 Å². The van der Waals surface area contributed by atoms with E-state index in [1.165, 1.54) is 0 Å². The number of fused-ring (bicyclic) bond motifs is 2. The minimum atomic E-state index is -0.522. The first-order valence-corrected chi connectivity index (χ1v) is 10.4. The normalized spacial score (nSPS) is 14.8. The fourth-order valence-electron chi connectivity index (χ4n) is 3.83. The zero-order valence-corrected chi connectivity index (χ0v) is 17.6. The number of hydrogen-bond acceptors (Lipinski definition) is 6. The summed E-state index contributed by atoms with van der Waals surface area (Å²) in [5, 5.41) is 0. The van der Waals surface area contributed by atoms with Crippen molar-refractivity contribution in [2.75, 3.05) is 13.7 Å². The lowest BCUT2D eigenvalue weighted by atomic mass is 9.72. The summed E-state index contributed by atoms with van der Waals surface area (Å²) in [6.45, 7) is 3.41. The Morgan fingerprint density at radius 1 is 0.774 bits per heavy atom. The molecule has 2 aliphatic heterocycles. The van der Waals surface area contributed by atoms with Gasteiger partial charge in [-0.1, -0.05) is 43.3 Å². The van der Waals surface area contributed by atoms with Crippen LogP contribution in [0.15, 0.2) is 72.8 Å². The van der Waals surface area contributed by atoms with Crippen LogP contribution in [-0.2, 0) is 6.54 Å². The van der Waals surface area contributed by atoms with Crippen LogP contribution in [0, 0.1) is 0 Å². The molecular weight excluding hydrogens is 392 g/mol. The molecule has 3 aromatic rings. The van der Waals surface area contributed by atoms with E-state index in [4.69, 9.17) is 23.4 Å². The van der Waals surface area contributed by atoms with Crippen molar-refractivity contribution >= 4 is 14.4 Å². The Balaban J connectivity index is 1.32. The van der Waals surface area contributed by atoms with E-state index < -0.39 is 7.25 Å². The molecule has 0 spiro atoms. The van der Waals surface area contributed by atoms with Crippen molar-refractivity contribution in [3.63, 3.8) is 0 Å². The second-order valence-electron chi connectivity index (χ2n) is 7.80. The summed E-state index contributed by atoms with van der Waals surface area (Å²) >= 11 is 0. The van der Waals surface area contributed by atoms with Crippen molar-refractivity contribution in [2.45, 2.75) is 19.3 Å². The van der Waals surface area contributed by atoms with Gasteiger partial charge in [0.05, 0.1) is 7.11 Å². The van der Waals surface area contributed by atoms with Gasteiger partial charge in [-0.15, -0.1) is 0 Å². The first-order chi connectivity index (χ1) is 15.2. The van der Waals surface area contributed by atoms with Gasteiger partial charge in [0.15, 0.2) is 0 Å². The quantitative estimate of drug-likeness (QED) is 0.537. The Hall–Kier alpha value is -3.25. The van der Waals surface area contributed by atoms with E-state index in [0.29, 0.717) is 13.1 Å². The SMILES string of the molecule is COc1ccc(CN(CC(C)B2Oc3ccccc3O2)B2Oc3ccccc3O2)cc1. The lowest BCUT2D eigenvalue weighted by Crippen LogP contribution is -2.49. The lowest BCUT2D eigenvalue weighted by molar-refractivity contribution is 0.302. The molecule has 1 atom stereocenters. The monoisotopic (exact) mass is 415 g/mol. The van der Waals surface area contributed by atoms with E-state index in [1.54, 1.807) is 7.11 Å². The van der Waals surface area contributed by atoms with Crippen LogP contribution in [0.2, 0.25) is 5.82 Å². The van der Waals surface area contributed by atoms with Crippen molar-refractivity contribution in [1.82, 2.24) is 4.81 Å². The van der Waals surface area contributed by atoms with Crippen molar-refractivity contribution in [2.24, 2.45) is 0 Å². The first kappa shape index (κ1) is 19.7. The van der Waals surface area contributed by atoms with Crippen LogP contribution < -0.4 is 23.4 Å². The maximum atomic E-state index is 6.11. The zero-order valence-electron chi connectivity index (χ0n) is 17.6. The van der Waals surface area contributed by atoms with Crippen LogP contribution in [0.25, 0.3) is 0 Å². The summed E-state index contributed by atoms with van der Waals surface area (Å²) < 4.78 is 29.6. The van der Waals surface area contributed by atoms with Gasteiger partial charge in [-0.3, -0.25) is 4.81 Å². The second kappa shape index (κ2) is 8.47. The van der Waals surface area contributed by atoms with Crippen LogP contribution >= 0.6 is 0 Å². The summed E-state index contributed by atoms with van der Waals surface area (Å²) in [5.41, 5.74) is 1.13. The van der Waals surface area contributed by atoms with E-state index in [2.05, 4.69) is 23.9 Å². The highest BCUT2D eigenvalue weighted by atomic mass is 16.6. The molecule has 0 bridgehead atoms. The molecule has 0 fully saturated rings. The number of benzene rings is 3. The zero-order chi connectivity index (χ0) is 21.2. The molecule has 31 heavy (non-hydrogen) atoms. The predicted octanol–water partition coefficient (Wildman–Crippen LogP) is 4.30. The fourth-order valence-corrected chi connectivity index (χ4v) is 3.83. The van der Waals surface area contributed by atoms with Gasteiger partial charge < -0.3 is 23.4 Å². The molecule has 1 unspecified atom stereocenters. The molecule has 2 aliphatic rings. The third-order valence-corrected chi connectivity index (χ3v) is 5.47. The van der Waals surface area contributed by atoms with Crippen molar-refractivity contribution in [3.05, 3.63) is 78.4 Å². The van der Waals surface area contributed by atoms with Gasteiger partial charge >= 0.3 is 14.4 Å². The highest BCUT2D eigenvalue weighted by molar-refractivity contribution is 6.50. The molecule has 3 aromatic carbocycles. The topological polar surface area (TPSA) is 49.4 Å². The van der Waals surface area contributed by atoms with Gasteiger partial charge in [0.2, 0.25) is 0 Å². The smallest absolute Gasteiger partial charge is 0.523 e. The molecule has 156 valence electrons. The number of nitrogens with zero attached hydrogens (tertiary/aromatic N) is 1. The number of rotatable bonds is 7. The highest BCUT2D eigenvalue weighted by Crippen LogP contribution is 2.37.